The summed E-state index contributed by atoms with van der Waals surface area (Å²) in [7, 11) is 0. The SMILES string of the molecule is O=C(Nc1cccc(Nc2ncc(Br)c(NCCN3CCCC3)n2)c1)N1CCCC1. The van der Waals surface area contributed by atoms with Crippen molar-refractivity contribution in [2.75, 3.05) is 55.2 Å². The number of halogens is 1. The summed E-state index contributed by atoms with van der Waals surface area (Å²) in [6.45, 7) is 5.87. The minimum absolute atomic E-state index is 0.0472. The van der Waals surface area contributed by atoms with Gasteiger partial charge in [0.25, 0.3) is 0 Å². The van der Waals surface area contributed by atoms with Crippen LogP contribution in [0, 0.1) is 0 Å². The van der Waals surface area contributed by atoms with Crippen LogP contribution in [0.4, 0.5) is 27.9 Å². The molecule has 8 nitrogen and oxygen atoms in total. The van der Waals surface area contributed by atoms with Crippen molar-refractivity contribution in [1.29, 1.82) is 0 Å². The Bertz CT molecular complexity index is 866. The highest BCUT2D eigenvalue weighted by molar-refractivity contribution is 9.10. The molecule has 0 saturated carbocycles. The topological polar surface area (TPSA) is 85.4 Å². The molecular formula is C21H28BrN7O. The van der Waals surface area contributed by atoms with Crippen LogP contribution in [0.1, 0.15) is 25.7 Å². The number of anilines is 4. The summed E-state index contributed by atoms with van der Waals surface area (Å²) in [6, 6.07) is 7.55. The number of benzene rings is 1. The summed E-state index contributed by atoms with van der Waals surface area (Å²) in [4.78, 5) is 25.6. The summed E-state index contributed by atoms with van der Waals surface area (Å²) < 4.78 is 0.834. The second kappa shape index (κ2) is 10.1. The molecule has 2 fully saturated rings. The number of nitrogens with one attached hydrogen (secondary N) is 3. The van der Waals surface area contributed by atoms with Crippen LogP contribution in [0.15, 0.2) is 34.9 Å². The summed E-state index contributed by atoms with van der Waals surface area (Å²) in [6.07, 6.45) is 6.48. The Balaban J connectivity index is 1.35. The Morgan fingerprint density at radius 2 is 1.80 bits per heavy atom. The van der Waals surface area contributed by atoms with Crippen molar-refractivity contribution in [2.24, 2.45) is 0 Å². The van der Waals surface area contributed by atoms with E-state index in [2.05, 4.69) is 46.7 Å². The lowest BCUT2D eigenvalue weighted by atomic mass is 10.3. The number of carbonyl (C=O) groups is 1. The molecule has 160 valence electrons. The van der Waals surface area contributed by atoms with Gasteiger partial charge in [-0.2, -0.15) is 4.98 Å². The minimum atomic E-state index is -0.0472. The maximum atomic E-state index is 12.3. The van der Waals surface area contributed by atoms with Gasteiger partial charge in [-0.05, 0) is 72.9 Å². The van der Waals surface area contributed by atoms with Crippen LogP contribution in [0.5, 0.6) is 0 Å². The lowest BCUT2D eigenvalue weighted by Gasteiger charge is -2.17. The van der Waals surface area contributed by atoms with E-state index in [9.17, 15) is 4.79 Å². The second-order valence-electron chi connectivity index (χ2n) is 7.70. The fourth-order valence-corrected chi connectivity index (χ4v) is 4.15. The number of hydrogen-bond acceptors (Lipinski definition) is 6. The molecule has 30 heavy (non-hydrogen) atoms. The summed E-state index contributed by atoms with van der Waals surface area (Å²) in [5, 5.41) is 9.59. The average molecular weight is 474 g/mol. The Morgan fingerprint density at radius 3 is 2.60 bits per heavy atom. The van der Waals surface area contributed by atoms with Crippen LogP contribution >= 0.6 is 15.9 Å². The van der Waals surface area contributed by atoms with Crippen LogP contribution in [0.2, 0.25) is 0 Å². The van der Waals surface area contributed by atoms with Crippen LogP contribution in [0.25, 0.3) is 0 Å². The largest absolute Gasteiger partial charge is 0.368 e. The highest BCUT2D eigenvalue weighted by Crippen LogP contribution is 2.23. The first-order valence-electron chi connectivity index (χ1n) is 10.6. The van der Waals surface area contributed by atoms with Gasteiger partial charge in [0, 0.05) is 43.8 Å². The van der Waals surface area contributed by atoms with Crippen molar-refractivity contribution in [2.45, 2.75) is 25.7 Å². The van der Waals surface area contributed by atoms with Gasteiger partial charge in [0.2, 0.25) is 5.95 Å². The smallest absolute Gasteiger partial charge is 0.321 e. The van der Waals surface area contributed by atoms with Crippen molar-refractivity contribution in [3.8, 4) is 0 Å². The first-order valence-corrected chi connectivity index (χ1v) is 11.4. The molecular weight excluding hydrogens is 446 g/mol. The van der Waals surface area contributed by atoms with Gasteiger partial charge in [-0.1, -0.05) is 6.07 Å². The van der Waals surface area contributed by atoms with Crippen LogP contribution in [0.3, 0.4) is 0 Å². The van der Waals surface area contributed by atoms with Crippen LogP contribution in [-0.4, -0.2) is 65.1 Å². The van der Waals surface area contributed by atoms with Gasteiger partial charge >= 0.3 is 6.03 Å². The van der Waals surface area contributed by atoms with E-state index < -0.39 is 0 Å². The first-order chi connectivity index (χ1) is 14.7. The molecule has 2 amide bonds. The normalized spacial score (nSPS) is 16.6. The Hall–Kier alpha value is -2.39. The lowest BCUT2D eigenvalue weighted by Crippen LogP contribution is -2.32. The van der Waals surface area contributed by atoms with E-state index in [4.69, 9.17) is 0 Å². The molecule has 3 N–H and O–H groups in total. The zero-order valence-corrected chi connectivity index (χ0v) is 18.6. The number of rotatable bonds is 7. The van der Waals surface area contributed by atoms with Crippen molar-refractivity contribution >= 4 is 45.1 Å². The number of amides is 2. The van der Waals surface area contributed by atoms with Gasteiger partial charge < -0.3 is 25.8 Å². The maximum Gasteiger partial charge on any atom is 0.321 e. The predicted molar refractivity (Wildman–Crippen MR) is 123 cm³/mol. The predicted octanol–water partition coefficient (Wildman–Crippen LogP) is 4.12. The van der Waals surface area contributed by atoms with Crippen molar-refractivity contribution in [3.63, 3.8) is 0 Å². The third kappa shape index (κ3) is 5.60. The number of hydrogen-bond donors (Lipinski definition) is 3. The van der Waals surface area contributed by atoms with Crippen molar-refractivity contribution in [3.05, 3.63) is 34.9 Å². The summed E-state index contributed by atoms with van der Waals surface area (Å²) in [5.74, 6) is 1.27. The highest BCUT2D eigenvalue weighted by atomic mass is 79.9. The fraction of sp³-hybridized carbons (Fsp3) is 0.476. The molecule has 1 aromatic carbocycles. The average Bonchev–Trinajstić information content (AvgIpc) is 3.45. The molecule has 0 spiro atoms. The third-order valence-electron chi connectivity index (χ3n) is 5.43. The Kier molecular flexibility index (Phi) is 7.01. The molecule has 0 atom stereocenters. The number of urea groups is 1. The van der Waals surface area contributed by atoms with E-state index in [1.165, 1.54) is 25.9 Å². The number of likely N-dealkylation sites (tertiary alicyclic amines) is 2. The Morgan fingerprint density at radius 1 is 1.07 bits per heavy atom. The number of nitrogens with zero attached hydrogens (tertiary/aromatic N) is 4. The lowest BCUT2D eigenvalue weighted by molar-refractivity contribution is 0.222. The van der Waals surface area contributed by atoms with Gasteiger partial charge in [0.15, 0.2) is 0 Å². The van der Waals surface area contributed by atoms with Crippen LogP contribution < -0.4 is 16.0 Å². The Labute approximate surface area is 185 Å². The first kappa shape index (κ1) is 20.9. The van der Waals surface area contributed by atoms with Crippen LogP contribution in [-0.2, 0) is 0 Å². The molecule has 2 saturated heterocycles. The van der Waals surface area contributed by atoms with Gasteiger partial charge in [0.1, 0.15) is 5.82 Å². The maximum absolute atomic E-state index is 12.3. The van der Waals surface area contributed by atoms with E-state index >= 15 is 0 Å². The molecule has 2 aromatic rings. The number of aromatic nitrogens is 2. The molecule has 0 bridgehead atoms. The van der Waals surface area contributed by atoms with Gasteiger partial charge in [-0.15, -0.1) is 0 Å². The molecule has 0 unspecified atom stereocenters. The van der Waals surface area contributed by atoms with E-state index in [1.807, 2.05) is 29.2 Å². The zero-order valence-electron chi connectivity index (χ0n) is 17.0. The van der Waals surface area contributed by atoms with Crippen molar-refractivity contribution in [1.82, 2.24) is 19.8 Å². The zero-order chi connectivity index (χ0) is 20.8. The fourth-order valence-electron chi connectivity index (χ4n) is 3.82. The quantitative estimate of drug-likeness (QED) is 0.560. The monoisotopic (exact) mass is 473 g/mol. The summed E-state index contributed by atoms with van der Waals surface area (Å²) >= 11 is 3.52. The number of carbonyl (C=O) groups excluding carboxylic acids is 1. The molecule has 4 rings (SSSR count). The second-order valence-corrected chi connectivity index (χ2v) is 8.55. The van der Waals surface area contributed by atoms with Gasteiger partial charge in [-0.25, -0.2) is 9.78 Å². The molecule has 9 heteroatoms. The minimum Gasteiger partial charge on any atom is -0.368 e. The van der Waals surface area contributed by atoms with E-state index in [-0.39, 0.29) is 6.03 Å². The van der Waals surface area contributed by atoms with Gasteiger partial charge in [-0.3, -0.25) is 0 Å². The summed E-state index contributed by atoms with van der Waals surface area (Å²) in [5.41, 5.74) is 1.57. The standard InChI is InChI=1S/C21H28BrN7O/c22-18-15-24-20(27-19(18)23-8-13-28-9-1-2-10-28)25-16-6-5-7-17(14-16)26-21(30)29-11-3-4-12-29/h5-7,14-15H,1-4,8-13H2,(H,26,30)(H2,23,24,25,27). The molecule has 2 aliphatic heterocycles. The van der Waals surface area contributed by atoms with Gasteiger partial charge in [0.05, 0.1) is 4.47 Å². The molecule has 1 aromatic heterocycles. The molecule has 0 radical (unpaired) electrons. The third-order valence-corrected chi connectivity index (χ3v) is 6.01. The van der Waals surface area contributed by atoms with Crippen molar-refractivity contribution < 1.29 is 4.79 Å². The van der Waals surface area contributed by atoms with E-state index in [0.29, 0.717) is 5.95 Å². The highest BCUT2D eigenvalue weighted by Gasteiger charge is 2.18. The molecule has 2 aliphatic rings. The molecule has 0 aliphatic carbocycles. The van der Waals surface area contributed by atoms with E-state index in [1.54, 1.807) is 6.20 Å². The molecule has 3 heterocycles. The van der Waals surface area contributed by atoms with E-state index in [0.717, 1.165) is 60.7 Å².